The van der Waals surface area contributed by atoms with E-state index in [2.05, 4.69) is 0 Å². The van der Waals surface area contributed by atoms with Crippen molar-refractivity contribution in [3.63, 3.8) is 0 Å². The Hall–Kier alpha value is -1.03. The molecule has 18 heavy (non-hydrogen) atoms. The fourth-order valence-corrected chi connectivity index (χ4v) is 2.06. The molecule has 0 amide bonds. The van der Waals surface area contributed by atoms with Crippen LogP contribution in [0.1, 0.15) is 0 Å². The molecule has 0 spiro atoms. The van der Waals surface area contributed by atoms with E-state index in [4.69, 9.17) is 9.05 Å². The van der Waals surface area contributed by atoms with Gasteiger partial charge in [-0.25, -0.2) is 4.57 Å². The maximum Gasteiger partial charge on any atom is 0.584 e. The number of phosphoric acid groups is 1. The molecular weight excluding hydrogens is 347 g/mol. The topological polar surface area (TPSA) is 55.8 Å². The zero-order valence-corrected chi connectivity index (χ0v) is 11.6. The van der Waals surface area contributed by atoms with Crippen LogP contribution in [0, 0.1) is 0 Å². The van der Waals surface area contributed by atoms with Crippen molar-refractivity contribution in [1.82, 2.24) is 0 Å². The molecule has 0 aliphatic carbocycles. The molecule has 0 atom stereocenters. The van der Waals surface area contributed by atoms with Crippen LogP contribution in [0.5, 0.6) is 11.5 Å². The van der Waals surface area contributed by atoms with Crippen LogP contribution in [0.25, 0.3) is 0 Å². The quantitative estimate of drug-likeness (QED) is 0.674. The summed E-state index contributed by atoms with van der Waals surface area (Å²) in [6, 6.07) is 16.7. The summed E-state index contributed by atoms with van der Waals surface area (Å²) in [5, 5.41) is 0. The van der Waals surface area contributed by atoms with Gasteiger partial charge in [-0.2, -0.15) is 0 Å². The molecule has 0 aromatic heterocycles. The maximum absolute atomic E-state index is 11.7. The number of phosphoric ester groups is 1. The van der Waals surface area contributed by atoms with Gasteiger partial charge in [-0.15, -0.1) is 0 Å². The third kappa shape index (κ3) is 4.69. The summed E-state index contributed by atoms with van der Waals surface area (Å²) in [5.74, 6) is 0.573. The summed E-state index contributed by atoms with van der Waals surface area (Å²) in [6.07, 6.45) is 0. The van der Waals surface area contributed by atoms with E-state index in [1.807, 2.05) is 0 Å². The smallest absolute Gasteiger partial charge is 0.395 e. The Morgan fingerprint density at radius 2 is 1.11 bits per heavy atom. The molecular formula is C12H11AgO4P. The van der Waals surface area contributed by atoms with Gasteiger partial charge in [0.1, 0.15) is 11.5 Å². The number of benzene rings is 2. The SMILES string of the molecule is O=P(O)(Oc1ccccc1)Oc1ccccc1.[Ag]. The number of hydrogen-bond donors (Lipinski definition) is 1. The summed E-state index contributed by atoms with van der Waals surface area (Å²) in [7, 11) is -4.14. The van der Waals surface area contributed by atoms with Crippen LogP contribution in [-0.2, 0) is 26.9 Å². The fourth-order valence-electron chi connectivity index (χ4n) is 1.25. The molecule has 1 radical (unpaired) electrons. The Balaban J connectivity index is 0.00000162. The van der Waals surface area contributed by atoms with Crippen LogP contribution in [0.2, 0.25) is 0 Å². The molecule has 4 nitrogen and oxygen atoms in total. The Labute approximate surface area is 121 Å². The van der Waals surface area contributed by atoms with E-state index in [1.54, 1.807) is 60.7 Å². The Bertz CT molecular complexity index is 473. The summed E-state index contributed by atoms with van der Waals surface area (Å²) in [4.78, 5) is 9.53. The Morgan fingerprint density at radius 3 is 1.44 bits per heavy atom. The molecule has 0 saturated carbocycles. The standard InChI is InChI=1S/C12H11O4P.Ag/c13-17(14,15-11-7-3-1-4-8-11)16-12-9-5-2-6-10-12;/h1-10H,(H,13,14);. The van der Waals surface area contributed by atoms with Crippen molar-refractivity contribution >= 4 is 7.82 Å². The van der Waals surface area contributed by atoms with Gasteiger partial charge in [0, 0.05) is 22.4 Å². The minimum absolute atomic E-state index is 0. The minimum atomic E-state index is -4.14. The van der Waals surface area contributed by atoms with E-state index < -0.39 is 7.82 Å². The first-order chi connectivity index (χ1) is 8.16. The Kier molecular flexibility index (Phi) is 5.66. The van der Waals surface area contributed by atoms with Gasteiger partial charge in [0.15, 0.2) is 0 Å². The van der Waals surface area contributed by atoms with Crippen molar-refractivity contribution in [1.29, 1.82) is 0 Å². The maximum atomic E-state index is 11.7. The van der Waals surface area contributed by atoms with Crippen LogP contribution in [-0.4, -0.2) is 4.89 Å². The fraction of sp³-hybridized carbons (Fsp3) is 0. The van der Waals surface area contributed by atoms with Crippen LogP contribution in [0.15, 0.2) is 60.7 Å². The first-order valence-electron chi connectivity index (χ1n) is 4.98. The number of rotatable bonds is 4. The number of hydrogen-bond acceptors (Lipinski definition) is 3. The van der Waals surface area contributed by atoms with Gasteiger partial charge >= 0.3 is 7.82 Å². The van der Waals surface area contributed by atoms with E-state index >= 15 is 0 Å². The molecule has 0 aliphatic rings. The van der Waals surface area contributed by atoms with Crippen LogP contribution in [0.3, 0.4) is 0 Å². The van der Waals surface area contributed by atoms with Gasteiger partial charge in [0.2, 0.25) is 0 Å². The summed E-state index contributed by atoms with van der Waals surface area (Å²) in [5.41, 5.74) is 0. The van der Waals surface area contributed by atoms with E-state index in [0.29, 0.717) is 0 Å². The largest absolute Gasteiger partial charge is 0.584 e. The summed E-state index contributed by atoms with van der Waals surface area (Å²) in [6.45, 7) is 0. The zero-order chi connectivity index (χ0) is 12.1. The van der Waals surface area contributed by atoms with Gasteiger partial charge < -0.3 is 9.05 Å². The van der Waals surface area contributed by atoms with Gasteiger partial charge in [-0.3, -0.25) is 4.89 Å². The molecule has 2 aromatic carbocycles. The number of para-hydroxylation sites is 2. The van der Waals surface area contributed by atoms with Crippen molar-refractivity contribution in [3.05, 3.63) is 60.7 Å². The van der Waals surface area contributed by atoms with Crippen molar-refractivity contribution in [2.45, 2.75) is 0 Å². The first kappa shape index (κ1) is 15.0. The van der Waals surface area contributed by atoms with Gasteiger partial charge in [-0.1, -0.05) is 36.4 Å². The third-order valence-corrected chi connectivity index (χ3v) is 2.81. The molecule has 99 valence electrons. The molecule has 0 fully saturated rings. The second kappa shape index (κ2) is 6.78. The summed E-state index contributed by atoms with van der Waals surface area (Å²) >= 11 is 0. The van der Waals surface area contributed by atoms with Crippen molar-refractivity contribution < 1.29 is 40.9 Å². The second-order valence-corrected chi connectivity index (χ2v) is 4.58. The molecule has 0 bridgehead atoms. The summed E-state index contributed by atoms with van der Waals surface area (Å²) < 4.78 is 21.5. The third-order valence-electron chi connectivity index (χ3n) is 1.93. The van der Waals surface area contributed by atoms with Gasteiger partial charge in [0.25, 0.3) is 0 Å². The Morgan fingerprint density at radius 1 is 0.778 bits per heavy atom. The van der Waals surface area contributed by atoms with Crippen LogP contribution >= 0.6 is 7.82 Å². The molecule has 0 unspecified atom stereocenters. The monoisotopic (exact) mass is 357 g/mol. The van der Waals surface area contributed by atoms with Crippen LogP contribution < -0.4 is 9.05 Å². The molecule has 0 aliphatic heterocycles. The normalized spacial score (nSPS) is 10.3. The van der Waals surface area contributed by atoms with Crippen molar-refractivity contribution in [3.8, 4) is 11.5 Å². The molecule has 2 aromatic rings. The molecule has 0 heterocycles. The molecule has 1 N–H and O–H groups in total. The predicted octanol–water partition coefficient (Wildman–Crippen LogP) is 3.24. The van der Waals surface area contributed by atoms with E-state index in [-0.39, 0.29) is 33.9 Å². The van der Waals surface area contributed by atoms with E-state index in [1.165, 1.54) is 0 Å². The van der Waals surface area contributed by atoms with Crippen molar-refractivity contribution in [2.75, 3.05) is 0 Å². The molecule has 6 heteroatoms. The van der Waals surface area contributed by atoms with Gasteiger partial charge in [-0.05, 0) is 24.3 Å². The zero-order valence-electron chi connectivity index (χ0n) is 9.19. The molecule has 2 rings (SSSR count). The average molecular weight is 358 g/mol. The van der Waals surface area contributed by atoms with E-state index in [0.717, 1.165) is 0 Å². The van der Waals surface area contributed by atoms with E-state index in [9.17, 15) is 9.46 Å². The average Bonchev–Trinajstić information content (AvgIpc) is 2.30. The van der Waals surface area contributed by atoms with Crippen LogP contribution in [0.4, 0.5) is 0 Å². The first-order valence-corrected chi connectivity index (χ1v) is 6.47. The second-order valence-electron chi connectivity index (χ2n) is 3.28. The molecule has 0 saturated heterocycles. The van der Waals surface area contributed by atoms with Gasteiger partial charge in [0.05, 0.1) is 0 Å². The van der Waals surface area contributed by atoms with Crippen molar-refractivity contribution in [2.24, 2.45) is 0 Å². The predicted molar refractivity (Wildman–Crippen MR) is 64.0 cm³/mol. The minimum Gasteiger partial charge on any atom is -0.395 e.